The van der Waals surface area contributed by atoms with E-state index in [1.807, 2.05) is 6.07 Å². The van der Waals surface area contributed by atoms with E-state index in [2.05, 4.69) is 10.6 Å². The third-order valence-electron chi connectivity index (χ3n) is 2.98. The van der Waals surface area contributed by atoms with E-state index in [9.17, 15) is 4.79 Å². The number of halogens is 1. The van der Waals surface area contributed by atoms with Crippen LogP contribution in [-0.4, -0.2) is 18.5 Å². The number of nitrogens with one attached hydrogen (secondary N) is 2. The van der Waals surface area contributed by atoms with Gasteiger partial charge in [-0.25, -0.2) is 0 Å². The molecule has 0 spiro atoms. The highest BCUT2D eigenvalue weighted by molar-refractivity contribution is 6.33. The molecule has 0 bridgehead atoms. The quantitative estimate of drug-likeness (QED) is 0.860. The van der Waals surface area contributed by atoms with Gasteiger partial charge >= 0.3 is 0 Å². The molecule has 1 aliphatic heterocycles. The summed E-state index contributed by atoms with van der Waals surface area (Å²) in [7, 11) is 0. The molecule has 2 rings (SSSR count). The van der Waals surface area contributed by atoms with Crippen molar-refractivity contribution >= 4 is 23.2 Å². The van der Waals surface area contributed by atoms with Crippen molar-refractivity contribution in [3.63, 3.8) is 0 Å². The lowest BCUT2D eigenvalue weighted by molar-refractivity contribution is -0.118. The molecule has 1 amide bonds. The molecule has 94 valence electrons. The van der Waals surface area contributed by atoms with E-state index in [4.69, 9.17) is 16.9 Å². The molecule has 0 aliphatic carbocycles. The van der Waals surface area contributed by atoms with Crippen LogP contribution in [-0.2, 0) is 4.79 Å². The maximum absolute atomic E-state index is 12.0. The van der Waals surface area contributed by atoms with Crippen molar-refractivity contribution in [1.29, 1.82) is 5.26 Å². The predicted molar refractivity (Wildman–Crippen MR) is 70.4 cm³/mol. The van der Waals surface area contributed by atoms with Gasteiger partial charge in [-0.15, -0.1) is 0 Å². The Labute approximate surface area is 111 Å². The van der Waals surface area contributed by atoms with E-state index in [0.717, 1.165) is 25.8 Å². The van der Waals surface area contributed by atoms with Gasteiger partial charge in [0.25, 0.3) is 0 Å². The standard InChI is InChI=1S/C13H14ClN3O/c14-10-5-4-9(8-15)7-12(10)17-13(18)11-3-1-2-6-16-11/h4-5,7,11,16H,1-3,6H2,(H,17,18)/t11-/m0/s1. The molecule has 0 radical (unpaired) electrons. The van der Waals surface area contributed by atoms with E-state index in [0.29, 0.717) is 16.3 Å². The Morgan fingerprint density at radius 3 is 3.00 bits per heavy atom. The van der Waals surface area contributed by atoms with Crippen LogP contribution in [0.15, 0.2) is 18.2 Å². The Kier molecular flexibility index (Phi) is 4.19. The smallest absolute Gasteiger partial charge is 0.241 e. The fraction of sp³-hybridized carbons (Fsp3) is 0.385. The van der Waals surface area contributed by atoms with Gasteiger partial charge in [0, 0.05) is 0 Å². The Balaban J connectivity index is 2.08. The second kappa shape index (κ2) is 5.85. The zero-order valence-corrected chi connectivity index (χ0v) is 10.6. The number of nitriles is 1. The number of rotatable bonds is 2. The molecule has 1 aromatic carbocycles. The number of anilines is 1. The number of hydrogen-bond acceptors (Lipinski definition) is 3. The summed E-state index contributed by atoms with van der Waals surface area (Å²) in [5.41, 5.74) is 0.972. The minimum atomic E-state index is -0.166. The zero-order valence-electron chi connectivity index (χ0n) is 9.87. The molecule has 5 heteroatoms. The normalized spacial score (nSPS) is 19.0. The lowest BCUT2D eigenvalue weighted by Gasteiger charge is -2.22. The van der Waals surface area contributed by atoms with Crippen molar-refractivity contribution in [3.05, 3.63) is 28.8 Å². The molecule has 1 heterocycles. The van der Waals surface area contributed by atoms with Crippen LogP contribution in [0.1, 0.15) is 24.8 Å². The molecule has 0 unspecified atom stereocenters. The summed E-state index contributed by atoms with van der Waals surface area (Å²) < 4.78 is 0. The highest BCUT2D eigenvalue weighted by Gasteiger charge is 2.21. The van der Waals surface area contributed by atoms with Crippen LogP contribution in [0.25, 0.3) is 0 Å². The van der Waals surface area contributed by atoms with E-state index >= 15 is 0 Å². The summed E-state index contributed by atoms with van der Waals surface area (Å²) in [5, 5.41) is 15.2. The minimum absolute atomic E-state index is 0.0910. The second-order valence-corrected chi connectivity index (χ2v) is 4.71. The Morgan fingerprint density at radius 1 is 1.50 bits per heavy atom. The summed E-state index contributed by atoms with van der Waals surface area (Å²) in [6.07, 6.45) is 2.99. The second-order valence-electron chi connectivity index (χ2n) is 4.30. The summed E-state index contributed by atoms with van der Waals surface area (Å²) in [6, 6.07) is 6.68. The van der Waals surface area contributed by atoms with Gasteiger partial charge in [0.2, 0.25) is 5.91 Å². The molecular weight excluding hydrogens is 250 g/mol. The maximum atomic E-state index is 12.0. The highest BCUT2D eigenvalue weighted by atomic mass is 35.5. The van der Waals surface area contributed by atoms with Crippen LogP contribution in [0, 0.1) is 11.3 Å². The van der Waals surface area contributed by atoms with Crippen molar-refractivity contribution in [2.45, 2.75) is 25.3 Å². The van der Waals surface area contributed by atoms with Gasteiger partial charge in [-0.2, -0.15) is 5.26 Å². The molecule has 0 aromatic heterocycles. The first-order valence-corrected chi connectivity index (χ1v) is 6.32. The predicted octanol–water partition coefficient (Wildman–Crippen LogP) is 2.29. The van der Waals surface area contributed by atoms with E-state index in [1.165, 1.54) is 0 Å². The minimum Gasteiger partial charge on any atom is -0.323 e. The Bertz CT molecular complexity index is 489. The first-order valence-electron chi connectivity index (χ1n) is 5.94. The van der Waals surface area contributed by atoms with Gasteiger partial charge in [0.05, 0.1) is 28.4 Å². The SMILES string of the molecule is N#Cc1ccc(Cl)c(NC(=O)[C@@H]2CCCCN2)c1. The fourth-order valence-corrected chi connectivity index (χ4v) is 2.15. The number of piperidine rings is 1. The molecular formula is C13H14ClN3O. The van der Waals surface area contributed by atoms with Crippen molar-refractivity contribution < 1.29 is 4.79 Å². The molecule has 18 heavy (non-hydrogen) atoms. The van der Waals surface area contributed by atoms with Gasteiger partial charge in [-0.05, 0) is 37.6 Å². The summed E-state index contributed by atoms with van der Waals surface area (Å²) in [4.78, 5) is 12.0. The Hall–Kier alpha value is -1.57. The number of amides is 1. The highest BCUT2D eigenvalue weighted by Crippen LogP contribution is 2.23. The third-order valence-corrected chi connectivity index (χ3v) is 3.31. The number of carbonyl (C=O) groups excluding carboxylic acids is 1. The lowest BCUT2D eigenvalue weighted by Crippen LogP contribution is -2.43. The summed E-state index contributed by atoms with van der Waals surface area (Å²) >= 11 is 5.99. The Morgan fingerprint density at radius 2 is 2.33 bits per heavy atom. The molecule has 1 saturated heterocycles. The topological polar surface area (TPSA) is 64.9 Å². The van der Waals surface area contributed by atoms with E-state index < -0.39 is 0 Å². The number of hydrogen-bond donors (Lipinski definition) is 2. The molecule has 0 saturated carbocycles. The van der Waals surface area contributed by atoms with Crippen LogP contribution in [0.5, 0.6) is 0 Å². The fourth-order valence-electron chi connectivity index (χ4n) is 1.99. The van der Waals surface area contributed by atoms with E-state index in [1.54, 1.807) is 18.2 Å². The van der Waals surface area contributed by atoms with Crippen molar-refractivity contribution in [2.75, 3.05) is 11.9 Å². The maximum Gasteiger partial charge on any atom is 0.241 e. The number of benzene rings is 1. The lowest BCUT2D eigenvalue weighted by atomic mass is 10.0. The van der Waals surface area contributed by atoms with Gasteiger partial charge < -0.3 is 10.6 Å². The van der Waals surface area contributed by atoms with Gasteiger partial charge in [-0.3, -0.25) is 4.79 Å². The van der Waals surface area contributed by atoms with Crippen molar-refractivity contribution in [2.24, 2.45) is 0 Å². The van der Waals surface area contributed by atoms with E-state index in [-0.39, 0.29) is 11.9 Å². The van der Waals surface area contributed by atoms with Gasteiger partial charge in [0.15, 0.2) is 0 Å². The number of nitrogens with zero attached hydrogens (tertiary/aromatic N) is 1. The summed E-state index contributed by atoms with van der Waals surface area (Å²) in [6.45, 7) is 0.865. The van der Waals surface area contributed by atoms with Crippen molar-refractivity contribution in [1.82, 2.24) is 5.32 Å². The average Bonchev–Trinajstić information content (AvgIpc) is 2.42. The molecule has 4 nitrogen and oxygen atoms in total. The van der Waals surface area contributed by atoms with Crippen LogP contribution < -0.4 is 10.6 Å². The first-order chi connectivity index (χ1) is 8.70. The average molecular weight is 264 g/mol. The van der Waals surface area contributed by atoms with Crippen LogP contribution in [0.2, 0.25) is 5.02 Å². The largest absolute Gasteiger partial charge is 0.323 e. The van der Waals surface area contributed by atoms with Crippen LogP contribution >= 0.6 is 11.6 Å². The van der Waals surface area contributed by atoms with Gasteiger partial charge in [0.1, 0.15) is 0 Å². The third kappa shape index (κ3) is 3.00. The molecule has 1 aliphatic rings. The van der Waals surface area contributed by atoms with Gasteiger partial charge in [-0.1, -0.05) is 18.0 Å². The molecule has 1 aromatic rings. The summed E-state index contributed by atoms with van der Waals surface area (Å²) in [5.74, 6) is -0.0910. The van der Waals surface area contributed by atoms with Crippen LogP contribution in [0.3, 0.4) is 0 Å². The monoisotopic (exact) mass is 263 g/mol. The van der Waals surface area contributed by atoms with Crippen LogP contribution in [0.4, 0.5) is 5.69 Å². The van der Waals surface area contributed by atoms with Crippen molar-refractivity contribution in [3.8, 4) is 6.07 Å². The molecule has 1 fully saturated rings. The first kappa shape index (κ1) is 12.9. The molecule has 1 atom stereocenters. The molecule has 2 N–H and O–H groups in total. The number of carbonyl (C=O) groups is 1. The zero-order chi connectivity index (χ0) is 13.0.